The van der Waals surface area contributed by atoms with Crippen LogP contribution in [0.15, 0.2) is 56.9 Å². The maximum atomic E-state index is 13.3. The van der Waals surface area contributed by atoms with E-state index < -0.39 is 11.1 Å². The Hall–Kier alpha value is -2.19. The van der Waals surface area contributed by atoms with Gasteiger partial charge in [-0.05, 0) is 50.2 Å². The lowest BCUT2D eigenvalue weighted by Crippen LogP contribution is -2.26. The molecule has 3 rings (SSSR count). The number of amides is 1. The molecule has 1 atom stereocenters. The lowest BCUT2D eigenvalue weighted by Gasteiger charge is -2.15. The van der Waals surface area contributed by atoms with Crippen LogP contribution in [0, 0.1) is 5.82 Å². The van der Waals surface area contributed by atoms with Crippen molar-refractivity contribution < 1.29 is 9.18 Å². The SMILES string of the molecule is CCn1c(SC(C)C(=O)Nc2cccc(F)c2)nc2ccc(Br)cc2c1=O. The Morgan fingerprint density at radius 3 is 2.81 bits per heavy atom. The molecule has 2 aromatic carbocycles. The molecule has 0 saturated heterocycles. The van der Waals surface area contributed by atoms with E-state index in [1.54, 1.807) is 29.7 Å². The molecule has 1 amide bonds. The summed E-state index contributed by atoms with van der Waals surface area (Å²) in [4.78, 5) is 29.8. The van der Waals surface area contributed by atoms with Gasteiger partial charge in [0.2, 0.25) is 5.91 Å². The van der Waals surface area contributed by atoms with Crippen LogP contribution in [0.4, 0.5) is 10.1 Å². The van der Waals surface area contributed by atoms with Gasteiger partial charge in [0.05, 0.1) is 16.2 Å². The molecule has 1 heterocycles. The number of thioether (sulfide) groups is 1. The number of rotatable bonds is 5. The summed E-state index contributed by atoms with van der Waals surface area (Å²) in [6, 6.07) is 11.0. The summed E-state index contributed by atoms with van der Waals surface area (Å²) in [6.07, 6.45) is 0. The minimum absolute atomic E-state index is 0.149. The first kappa shape index (κ1) is 19.6. The number of carbonyl (C=O) groups is 1. The van der Waals surface area contributed by atoms with Gasteiger partial charge in [0.15, 0.2) is 5.16 Å². The zero-order valence-electron chi connectivity index (χ0n) is 14.7. The van der Waals surface area contributed by atoms with Crippen molar-refractivity contribution in [3.05, 3.63) is 63.1 Å². The van der Waals surface area contributed by atoms with Crippen molar-refractivity contribution in [3.8, 4) is 0 Å². The number of nitrogens with zero attached hydrogens (tertiary/aromatic N) is 2. The highest BCUT2D eigenvalue weighted by Crippen LogP contribution is 2.25. The number of aromatic nitrogens is 2. The van der Waals surface area contributed by atoms with E-state index in [1.807, 2.05) is 13.0 Å². The van der Waals surface area contributed by atoms with E-state index in [0.29, 0.717) is 28.3 Å². The smallest absolute Gasteiger partial charge is 0.262 e. The maximum Gasteiger partial charge on any atom is 0.262 e. The number of nitrogens with one attached hydrogen (secondary N) is 1. The summed E-state index contributed by atoms with van der Waals surface area (Å²) in [5.74, 6) is -0.714. The number of hydrogen-bond acceptors (Lipinski definition) is 4. The van der Waals surface area contributed by atoms with E-state index in [0.717, 1.165) is 4.47 Å². The number of anilines is 1. The lowest BCUT2D eigenvalue weighted by molar-refractivity contribution is -0.115. The topological polar surface area (TPSA) is 64.0 Å². The van der Waals surface area contributed by atoms with Crippen molar-refractivity contribution in [1.29, 1.82) is 0 Å². The number of halogens is 2. The quantitative estimate of drug-likeness (QED) is 0.461. The van der Waals surface area contributed by atoms with Crippen molar-refractivity contribution in [2.24, 2.45) is 0 Å². The van der Waals surface area contributed by atoms with Crippen LogP contribution in [0.3, 0.4) is 0 Å². The zero-order valence-corrected chi connectivity index (χ0v) is 17.1. The van der Waals surface area contributed by atoms with Crippen molar-refractivity contribution in [1.82, 2.24) is 9.55 Å². The van der Waals surface area contributed by atoms with Gasteiger partial charge in [-0.3, -0.25) is 14.2 Å². The molecule has 0 radical (unpaired) electrons. The first-order valence-electron chi connectivity index (χ1n) is 8.32. The third kappa shape index (κ3) is 4.39. The van der Waals surface area contributed by atoms with Gasteiger partial charge in [0.1, 0.15) is 5.82 Å². The Morgan fingerprint density at radius 2 is 2.11 bits per heavy atom. The normalized spacial score (nSPS) is 12.1. The van der Waals surface area contributed by atoms with Crippen molar-refractivity contribution >= 4 is 50.2 Å². The Morgan fingerprint density at radius 1 is 1.33 bits per heavy atom. The molecular weight excluding hydrogens is 433 g/mol. The third-order valence-electron chi connectivity index (χ3n) is 3.94. The first-order valence-corrected chi connectivity index (χ1v) is 9.99. The standard InChI is InChI=1S/C19H17BrFN3O2S/c1-3-24-18(26)15-9-12(20)7-8-16(15)23-19(24)27-11(2)17(25)22-14-6-4-5-13(21)10-14/h4-11H,3H2,1-2H3,(H,22,25). The molecule has 1 unspecified atom stereocenters. The van der Waals surface area contributed by atoms with Crippen LogP contribution in [-0.2, 0) is 11.3 Å². The summed E-state index contributed by atoms with van der Waals surface area (Å²) >= 11 is 4.56. The summed E-state index contributed by atoms with van der Waals surface area (Å²) in [6.45, 7) is 4.01. The van der Waals surface area contributed by atoms with Crippen molar-refractivity contribution in [2.75, 3.05) is 5.32 Å². The van der Waals surface area contributed by atoms with Gasteiger partial charge < -0.3 is 5.32 Å². The number of fused-ring (bicyclic) bond motifs is 1. The van der Waals surface area contributed by atoms with Crippen LogP contribution >= 0.6 is 27.7 Å². The van der Waals surface area contributed by atoms with E-state index in [4.69, 9.17) is 0 Å². The molecule has 1 N–H and O–H groups in total. The second kappa shape index (κ2) is 8.22. The van der Waals surface area contributed by atoms with E-state index in [-0.39, 0.29) is 11.5 Å². The largest absolute Gasteiger partial charge is 0.325 e. The molecule has 3 aromatic rings. The van der Waals surface area contributed by atoms with Crippen LogP contribution in [0.1, 0.15) is 13.8 Å². The van der Waals surface area contributed by atoms with E-state index in [2.05, 4.69) is 26.2 Å². The Balaban J connectivity index is 1.87. The molecule has 0 aliphatic carbocycles. The first-order chi connectivity index (χ1) is 12.9. The van der Waals surface area contributed by atoms with Crippen LogP contribution in [-0.4, -0.2) is 20.7 Å². The molecule has 1 aromatic heterocycles. The highest BCUT2D eigenvalue weighted by atomic mass is 79.9. The second-order valence-corrected chi connectivity index (χ2v) is 8.09. The number of benzene rings is 2. The average Bonchev–Trinajstić information content (AvgIpc) is 2.62. The average molecular weight is 450 g/mol. The van der Waals surface area contributed by atoms with Gasteiger partial charge in [-0.1, -0.05) is 33.8 Å². The minimum Gasteiger partial charge on any atom is -0.325 e. The molecule has 0 saturated carbocycles. The summed E-state index contributed by atoms with van der Waals surface area (Å²) in [5, 5.41) is 3.15. The number of carbonyl (C=O) groups excluding carboxylic acids is 1. The van der Waals surface area contributed by atoms with Gasteiger partial charge in [0, 0.05) is 16.7 Å². The number of hydrogen-bond donors (Lipinski definition) is 1. The van der Waals surface area contributed by atoms with Crippen molar-refractivity contribution in [3.63, 3.8) is 0 Å². The monoisotopic (exact) mass is 449 g/mol. The Kier molecular flexibility index (Phi) is 5.96. The van der Waals surface area contributed by atoms with Gasteiger partial charge in [-0.2, -0.15) is 0 Å². The zero-order chi connectivity index (χ0) is 19.6. The molecule has 0 bridgehead atoms. The second-order valence-electron chi connectivity index (χ2n) is 5.86. The molecule has 5 nitrogen and oxygen atoms in total. The van der Waals surface area contributed by atoms with Gasteiger partial charge in [-0.15, -0.1) is 0 Å². The highest BCUT2D eigenvalue weighted by molar-refractivity contribution is 9.10. The fourth-order valence-corrected chi connectivity index (χ4v) is 3.90. The Bertz CT molecular complexity index is 1070. The van der Waals surface area contributed by atoms with E-state index in [9.17, 15) is 14.0 Å². The van der Waals surface area contributed by atoms with Crippen LogP contribution < -0.4 is 10.9 Å². The van der Waals surface area contributed by atoms with Crippen LogP contribution in [0.25, 0.3) is 10.9 Å². The maximum absolute atomic E-state index is 13.3. The summed E-state index contributed by atoms with van der Waals surface area (Å²) in [7, 11) is 0. The van der Waals surface area contributed by atoms with Crippen LogP contribution in [0.2, 0.25) is 0 Å². The van der Waals surface area contributed by atoms with Crippen LogP contribution in [0.5, 0.6) is 0 Å². The molecule has 27 heavy (non-hydrogen) atoms. The summed E-state index contributed by atoms with van der Waals surface area (Å²) in [5.41, 5.74) is 0.814. The minimum atomic E-state index is -0.522. The van der Waals surface area contributed by atoms with E-state index in [1.165, 1.54) is 30.0 Å². The van der Waals surface area contributed by atoms with Gasteiger partial charge in [-0.25, -0.2) is 9.37 Å². The van der Waals surface area contributed by atoms with Gasteiger partial charge >= 0.3 is 0 Å². The van der Waals surface area contributed by atoms with Crippen molar-refractivity contribution in [2.45, 2.75) is 30.8 Å². The highest BCUT2D eigenvalue weighted by Gasteiger charge is 2.19. The predicted molar refractivity (Wildman–Crippen MR) is 110 cm³/mol. The fraction of sp³-hybridized carbons (Fsp3) is 0.211. The lowest BCUT2D eigenvalue weighted by atomic mass is 10.2. The molecule has 140 valence electrons. The van der Waals surface area contributed by atoms with E-state index >= 15 is 0 Å². The molecular formula is C19H17BrFN3O2S. The third-order valence-corrected chi connectivity index (χ3v) is 5.52. The fourth-order valence-electron chi connectivity index (χ4n) is 2.56. The molecule has 8 heteroatoms. The Labute approximate surface area is 168 Å². The molecule has 0 spiro atoms. The molecule has 0 aliphatic heterocycles. The predicted octanol–water partition coefficient (Wildman–Crippen LogP) is 4.44. The summed E-state index contributed by atoms with van der Waals surface area (Å²) < 4.78 is 15.6. The molecule has 0 fully saturated rings. The van der Waals surface area contributed by atoms with Gasteiger partial charge in [0.25, 0.3) is 5.56 Å². The molecule has 0 aliphatic rings.